The van der Waals surface area contributed by atoms with Gasteiger partial charge in [0, 0.05) is 17.3 Å². The van der Waals surface area contributed by atoms with Crippen molar-refractivity contribution in [3.63, 3.8) is 0 Å². The third kappa shape index (κ3) is 4.83. The minimum Gasteiger partial charge on any atom is -0.325 e. The van der Waals surface area contributed by atoms with E-state index in [1.807, 2.05) is 6.92 Å². The Morgan fingerprint density at radius 2 is 1.59 bits per heavy atom. The monoisotopic (exact) mass is 364 g/mol. The molecule has 2 atom stereocenters. The molecule has 3 rings (SSSR count). The van der Waals surface area contributed by atoms with Gasteiger partial charge in [-0.3, -0.25) is 14.9 Å². The van der Waals surface area contributed by atoms with E-state index in [4.69, 9.17) is 0 Å². The first-order chi connectivity index (χ1) is 12.9. The molecule has 2 aromatic carbocycles. The molecule has 1 aliphatic rings. The Kier molecular flexibility index (Phi) is 6.07. The van der Waals surface area contributed by atoms with Crippen molar-refractivity contribution in [1.82, 2.24) is 5.32 Å². The highest BCUT2D eigenvalue weighted by Crippen LogP contribution is 2.25. The molecule has 0 fully saturated rings. The zero-order valence-corrected chi connectivity index (χ0v) is 16.3. The van der Waals surface area contributed by atoms with Gasteiger partial charge in [-0.25, -0.2) is 0 Å². The molecule has 0 saturated carbocycles. The van der Waals surface area contributed by atoms with Crippen LogP contribution in [0.3, 0.4) is 0 Å². The fourth-order valence-corrected chi connectivity index (χ4v) is 3.61. The third-order valence-corrected chi connectivity index (χ3v) is 5.32. The normalized spacial score (nSPS) is 15.5. The van der Waals surface area contributed by atoms with Gasteiger partial charge in [0.05, 0.1) is 6.04 Å². The number of nitrogens with one attached hydrogen (secondary N) is 2. The van der Waals surface area contributed by atoms with Crippen molar-refractivity contribution < 1.29 is 9.59 Å². The molecule has 0 radical (unpaired) electrons. The lowest BCUT2D eigenvalue weighted by Gasteiger charge is -2.22. The van der Waals surface area contributed by atoms with Crippen LogP contribution >= 0.6 is 0 Å². The molecular formula is C23H28N2O2. The molecule has 0 unspecified atom stereocenters. The molecule has 0 bridgehead atoms. The lowest BCUT2D eigenvalue weighted by molar-refractivity contribution is -0.117. The standard InChI is InChI=1S/C23H28N2O2/c1-15(20-9-8-19-6-4-5-7-21(19)14-20)24-16(2)23(27)25-22-12-10-18(11-13-22)17(3)26/h8-16,24H,4-7H2,1-3H3,(H,25,27)/t15-,16+/m0/s1. The largest absolute Gasteiger partial charge is 0.325 e. The van der Waals surface area contributed by atoms with Crippen molar-refractivity contribution in [1.29, 1.82) is 0 Å². The SMILES string of the molecule is CC(=O)c1ccc(NC(=O)[C@@H](C)N[C@@H](C)c2ccc3c(c2)CCCC3)cc1. The van der Waals surface area contributed by atoms with Crippen molar-refractivity contribution in [3.8, 4) is 0 Å². The van der Waals surface area contributed by atoms with Crippen LogP contribution in [-0.2, 0) is 17.6 Å². The summed E-state index contributed by atoms with van der Waals surface area (Å²) in [6, 6.07) is 13.4. The molecule has 1 amide bonds. The summed E-state index contributed by atoms with van der Waals surface area (Å²) in [5.41, 5.74) is 5.48. The van der Waals surface area contributed by atoms with E-state index in [1.54, 1.807) is 24.3 Å². The second-order valence-corrected chi connectivity index (χ2v) is 7.47. The minimum absolute atomic E-state index is 0.0155. The van der Waals surface area contributed by atoms with E-state index in [0.717, 1.165) is 6.42 Å². The predicted octanol–water partition coefficient (Wildman–Crippen LogP) is 4.45. The number of fused-ring (bicyclic) bond motifs is 1. The number of carbonyl (C=O) groups is 2. The molecule has 4 nitrogen and oxygen atoms in total. The molecule has 2 aromatic rings. The number of hydrogen-bond donors (Lipinski definition) is 2. The predicted molar refractivity (Wildman–Crippen MR) is 109 cm³/mol. The van der Waals surface area contributed by atoms with Gasteiger partial charge in [0.1, 0.15) is 0 Å². The molecule has 4 heteroatoms. The van der Waals surface area contributed by atoms with E-state index in [-0.39, 0.29) is 23.8 Å². The van der Waals surface area contributed by atoms with E-state index in [9.17, 15) is 9.59 Å². The van der Waals surface area contributed by atoms with Gasteiger partial charge in [0.15, 0.2) is 5.78 Å². The molecule has 142 valence electrons. The maximum absolute atomic E-state index is 12.5. The van der Waals surface area contributed by atoms with Crippen LogP contribution < -0.4 is 10.6 Å². The maximum Gasteiger partial charge on any atom is 0.241 e. The zero-order valence-electron chi connectivity index (χ0n) is 16.3. The topological polar surface area (TPSA) is 58.2 Å². The first kappa shape index (κ1) is 19.3. The van der Waals surface area contributed by atoms with Crippen LogP contribution in [0.1, 0.15) is 66.7 Å². The summed E-state index contributed by atoms with van der Waals surface area (Å²) in [6.45, 7) is 5.49. The highest BCUT2D eigenvalue weighted by atomic mass is 16.2. The Bertz CT molecular complexity index is 827. The molecule has 1 aliphatic carbocycles. The van der Waals surface area contributed by atoms with Gasteiger partial charge >= 0.3 is 0 Å². The van der Waals surface area contributed by atoms with Crippen LogP contribution in [0, 0.1) is 0 Å². The molecule has 0 heterocycles. The Morgan fingerprint density at radius 3 is 2.26 bits per heavy atom. The summed E-state index contributed by atoms with van der Waals surface area (Å²) in [6.07, 6.45) is 4.88. The Labute approximate surface area is 161 Å². The van der Waals surface area contributed by atoms with Gasteiger partial charge in [0.25, 0.3) is 0 Å². The van der Waals surface area contributed by atoms with Crippen molar-refractivity contribution in [2.24, 2.45) is 0 Å². The Morgan fingerprint density at radius 1 is 0.926 bits per heavy atom. The van der Waals surface area contributed by atoms with E-state index >= 15 is 0 Å². The summed E-state index contributed by atoms with van der Waals surface area (Å²) < 4.78 is 0. The number of hydrogen-bond acceptors (Lipinski definition) is 3. The van der Waals surface area contributed by atoms with E-state index in [1.165, 1.54) is 42.9 Å². The number of benzene rings is 2. The average Bonchev–Trinajstić information content (AvgIpc) is 2.67. The average molecular weight is 364 g/mol. The number of amides is 1. The summed E-state index contributed by atoms with van der Waals surface area (Å²) in [5.74, 6) is -0.0721. The smallest absolute Gasteiger partial charge is 0.241 e. The van der Waals surface area contributed by atoms with Crippen LogP contribution in [0.2, 0.25) is 0 Å². The second-order valence-electron chi connectivity index (χ2n) is 7.47. The van der Waals surface area contributed by atoms with Gasteiger partial charge in [-0.2, -0.15) is 0 Å². The third-order valence-electron chi connectivity index (χ3n) is 5.32. The fraction of sp³-hybridized carbons (Fsp3) is 0.391. The van der Waals surface area contributed by atoms with Gasteiger partial charge in [-0.1, -0.05) is 18.2 Å². The lowest BCUT2D eigenvalue weighted by Crippen LogP contribution is -2.39. The fourth-order valence-electron chi connectivity index (χ4n) is 3.61. The number of Topliss-reactive ketones (excluding diaryl/α,β-unsaturated/α-hetero) is 1. The van der Waals surface area contributed by atoms with Crippen LogP contribution in [0.4, 0.5) is 5.69 Å². The Balaban J connectivity index is 1.59. The van der Waals surface area contributed by atoms with Crippen molar-refractivity contribution in [2.45, 2.75) is 58.5 Å². The number of anilines is 1. The van der Waals surface area contributed by atoms with E-state index in [2.05, 4.69) is 35.8 Å². The summed E-state index contributed by atoms with van der Waals surface area (Å²) in [7, 11) is 0. The van der Waals surface area contributed by atoms with Crippen molar-refractivity contribution in [3.05, 3.63) is 64.7 Å². The molecule has 0 aromatic heterocycles. The first-order valence-electron chi connectivity index (χ1n) is 9.73. The molecule has 27 heavy (non-hydrogen) atoms. The lowest BCUT2D eigenvalue weighted by atomic mass is 9.89. The highest BCUT2D eigenvalue weighted by Gasteiger charge is 2.18. The van der Waals surface area contributed by atoms with Gasteiger partial charge in [0.2, 0.25) is 5.91 Å². The van der Waals surface area contributed by atoms with Gasteiger partial charge in [-0.05, 0) is 87.4 Å². The second kappa shape index (κ2) is 8.49. The van der Waals surface area contributed by atoms with Crippen LogP contribution in [0.25, 0.3) is 0 Å². The van der Waals surface area contributed by atoms with Gasteiger partial charge < -0.3 is 5.32 Å². The highest BCUT2D eigenvalue weighted by molar-refractivity contribution is 5.97. The molecule has 0 spiro atoms. The number of rotatable bonds is 6. The van der Waals surface area contributed by atoms with Crippen molar-refractivity contribution >= 4 is 17.4 Å². The van der Waals surface area contributed by atoms with E-state index in [0.29, 0.717) is 11.3 Å². The quantitative estimate of drug-likeness (QED) is 0.745. The van der Waals surface area contributed by atoms with Crippen LogP contribution in [0.5, 0.6) is 0 Å². The number of ketones is 1. The first-order valence-corrected chi connectivity index (χ1v) is 9.73. The van der Waals surface area contributed by atoms with E-state index < -0.39 is 0 Å². The zero-order chi connectivity index (χ0) is 19.4. The molecule has 0 saturated heterocycles. The molecule has 2 N–H and O–H groups in total. The van der Waals surface area contributed by atoms with Crippen LogP contribution in [0.15, 0.2) is 42.5 Å². The molecular weight excluding hydrogens is 336 g/mol. The summed E-state index contributed by atoms with van der Waals surface area (Å²) in [4.78, 5) is 23.8. The minimum atomic E-state index is -0.330. The Hall–Kier alpha value is -2.46. The van der Waals surface area contributed by atoms with Crippen LogP contribution in [-0.4, -0.2) is 17.7 Å². The number of carbonyl (C=O) groups excluding carboxylic acids is 2. The number of aryl methyl sites for hydroxylation is 2. The van der Waals surface area contributed by atoms with Crippen molar-refractivity contribution in [2.75, 3.05) is 5.32 Å². The maximum atomic E-state index is 12.5. The summed E-state index contributed by atoms with van der Waals surface area (Å²) >= 11 is 0. The van der Waals surface area contributed by atoms with Gasteiger partial charge in [-0.15, -0.1) is 0 Å². The molecule has 0 aliphatic heterocycles. The summed E-state index contributed by atoms with van der Waals surface area (Å²) in [5, 5.41) is 6.29.